The van der Waals surface area contributed by atoms with E-state index in [9.17, 15) is 0 Å². The second-order valence-electron chi connectivity index (χ2n) is 3.23. The van der Waals surface area contributed by atoms with Crippen LogP contribution in [0.15, 0.2) is 0 Å². The summed E-state index contributed by atoms with van der Waals surface area (Å²) in [6, 6.07) is -0.240. The molecule has 0 aromatic rings. The standard InChI is InChI=1S/C8H19NO2/c1-6(2)7(3)11-5-8(9)4-10/h6-8,10H,4-5,9H2,1-3H3. The molecule has 0 radical (unpaired) electrons. The average Bonchev–Trinajstić information content (AvgIpc) is 1.99. The molecule has 68 valence electrons. The van der Waals surface area contributed by atoms with Crippen LogP contribution in [0.3, 0.4) is 0 Å². The quantitative estimate of drug-likeness (QED) is 0.612. The summed E-state index contributed by atoms with van der Waals surface area (Å²) >= 11 is 0. The summed E-state index contributed by atoms with van der Waals surface area (Å²) in [5, 5.41) is 8.58. The molecular weight excluding hydrogens is 142 g/mol. The highest BCUT2D eigenvalue weighted by Crippen LogP contribution is 2.04. The van der Waals surface area contributed by atoms with Gasteiger partial charge in [-0.2, -0.15) is 0 Å². The first kappa shape index (κ1) is 10.9. The molecular formula is C8H19NO2. The third-order valence-electron chi connectivity index (χ3n) is 1.75. The van der Waals surface area contributed by atoms with Crippen molar-refractivity contribution in [1.29, 1.82) is 0 Å². The first-order chi connectivity index (χ1) is 5.07. The Hall–Kier alpha value is -0.120. The summed E-state index contributed by atoms with van der Waals surface area (Å²) in [6.45, 7) is 6.62. The lowest BCUT2D eigenvalue weighted by molar-refractivity contribution is 0.0194. The van der Waals surface area contributed by atoms with Gasteiger partial charge in [0.05, 0.1) is 25.4 Å². The smallest absolute Gasteiger partial charge is 0.0643 e. The van der Waals surface area contributed by atoms with E-state index >= 15 is 0 Å². The van der Waals surface area contributed by atoms with Gasteiger partial charge in [-0.25, -0.2) is 0 Å². The Kier molecular flexibility index (Phi) is 5.46. The monoisotopic (exact) mass is 161 g/mol. The zero-order valence-electron chi connectivity index (χ0n) is 7.58. The van der Waals surface area contributed by atoms with E-state index in [2.05, 4.69) is 13.8 Å². The van der Waals surface area contributed by atoms with Crippen LogP contribution in [0.5, 0.6) is 0 Å². The Morgan fingerprint density at radius 3 is 2.27 bits per heavy atom. The van der Waals surface area contributed by atoms with Crippen LogP contribution in [0, 0.1) is 5.92 Å². The van der Waals surface area contributed by atoms with Crippen LogP contribution >= 0.6 is 0 Å². The summed E-state index contributed by atoms with van der Waals surface area (Å²) in [7, 11) is 0. The highest BCUT2D eigenvalue weighted by Gasteiger charge is 2.08. The van der Waals surface area contributed by atoms with Gasteiger partial charge in [0.25, 0.3) is 0 Å². The number of nitrogens with two attached hydrogens (primary N) is 1. The van der Waals surface area contributed by atoms with Crippen LogP contribution in [0.4, 0.5) is 0 Å². The summed E-state index contributed by atoms with van der Waals surface area (Å²) in [4.78, 5) is 0. The molecule has 2 unspecified atom stereocenters. The molecule has 0 spiro atoms. The topological polar surface area (TPSA) is 55.5 Å². The van der Waals surface area contributed by atoms with Crippen molar-refractivity contribution in [2.75, 3.05) is 13.2 Å². The first-order valence-electron chi connectivity index (χ1n) is 4.06. The van der Waals surface area contributed by atoms with Crippen molar-refractivity contribution in [2.45, 2.75) is 32.9 Å². The van der Waals surface area contributed by atoms with Gasteiger partial charge in [0.2, 0.25) is 0 Å². The maximum absolute atomic E-state index is 8.58. The van der Waals surface area contributed by atoms with Gasteiger partial charge >= 0.3 is 0 Å². The van der Waals surface area contributed by atoms with Crippen molar-refractivity contribution in [3.8, 4) is 0 Å². The van der Waals surface area contributed by atoms with Gasteiger partial charge in [-0.3, -0.25) is 0 Å². The molecule has 0 rings (SSSR count). The molecule has 0 aliphatic rings. The predicted octanol–water partition coefficient (Wildman–Crippen LogP) is 0.367. The Balaban J connectivity index is 3.37. The van der Waals surface area contributed by atoms with Crippen molar-refractivity contribution in [2.24, 2.45) is 11.7 Å². The van der Waals surface area contributed by atoms with Gasteiger partial charge in [-0.05, 0) is 12.8 Å². The van der Waals surface area contributed by atoms with Crippen LogP contribution in [0.25, 0.3) is 0 Å². The molecule has 2 atom stereocenters. The Morgan fingerprint density at radius 1 is 1.36 bits per heavy atom. The van der Waals surface area contributed by atoms with Crippen LogP contribution in [0.1, 0.15) is 20.8 Å². The van der Waals surface area contributed by atoms with Crippen molar-refractivity contribution in [3.63, 3.8) is 0 Å². The SMILES string of the molecule is CC(C)C(C)OCC(N)CO. The van der Waals surface area contributed by atoms with E-state index in [1.54, 1.807) is 0 Å². The minimum absolute atomic E-state index is 0.00911. The third-order valence-corrected chi connectivity index (χ3v) is 1.75. The van der Waals surface area contributed by atoms with E-state index in [1.165, 1.54) is 0 Å². The minimum Gasteiger partial charge on any atom is -0.395 e. The summed E-state index contributed by atoms with van der Waals surface area (Å²) in [5.41, 5.74) is 5.45. The number of hydrogen-bond acceptors (Lipinski definition) is 3. The second-order valence-corrected chi connectivity index (χ2v) is 3.23. The normalized spacial score (nSPS) is 16.9. The van der Waals surface area contributed by atoms with Gasteiger partial charge in [0.1, 0.15) is 0 Å². The lowest BCUT2D eigenvalue weighted by Gasteiger charge is -2.18. The van der Waals surface area contributed by atoms with E-state index in [4.69, 9.17) is 15.6 Å². The molecule has 0 aliphatic heterocycles. The molecule has 0 saturated heterocycles. The van der Waals surface area contributed by atoms with Crippen molar-refractivity contribution >= 4 is 0 Å². The van der Waals surface area contributed by atoms with E-state index in [1.807, 2.05) is 6.92 Å². The molecule has 0 aromatic carbocycles. The van der Waals surface area contributed by atoms with Gasteiger partial charge in [-0.1, -0.05) is 13.8 Å². The predicted molar refractivity (Wildman–Crippen MR) is 45.3 cm³/mol. The molecule has 3 heteroatoms. The molecule has 0 fully saturated rings. The average molecular weight is 161 g/mol. The second kappa shape index (κ2) is 5.52. The fourth-order valence-corrected chi connectivity index (χ4v) is 0.521. The molecule has 0 saturated carbocycles. The zero-order chi connectivity index (χ0) is 8.85. The van der Waals surface area contributed by atoms with E-state index in [-0.39, 0.29) is 18.8 Å². The lowest BCUT2D eigenvalue weighted by Crippen LogP contribution is -2.32. The fraction of sp³-hybridized carbons (Fsp3) is 1.00. The van der Waals surface area contributed by atoms with Crippen molar-refractivity contribution < 1.29 is 9.84 Å². The molecule has 0 amide bonds. The number of ether oxygens (including phenoxy) is 1. The molecule has 0 aliphatic carbocycles. The van der Waals surface area contributed by atoms with Crippen molar-refractivity contribution in [3.05, 3.63) is 0 Å². The van der Waals surface area contributed by atoms with E-state index in [0.29, 0.717) is 12.5 Å². The fourth-order valence-electron chi connectivity index (χ4n) is 0.521. The van der Waals surface area contributed by atoms with Crippen molar-refractivity contribution in [1.82, 2.24) is 0 Å². The highest BCUT2D eigenvalue weighted by atomic mass is 16.5. The van der Waals surface area contributed by atoms with Gasteiger partial charge < -0.3 is 15.6 Å². The summed E-state index contributed by atoms with van der Waals surface area (Å²) in [6.07, 6.45) is 0.215. The van der Waals surface area contributed by atoms with Crippen LogP contribution in [-0.4, -0.2) is 30.5 Å². The third kappa shape index (κ3) is 5.18. The Labute approximate surface area is 68.5 Å². The molecule has 3 nitrogen and oxygen atoms in total. The number of aliphatic hydroxyl groups is 1. The maximum Gasteiger partial charge on any atom is 0.0643 e. The number of aliphatic hydroxyl groups excluding tert-OH is 1. The van der Waals surface area contributed by atoms with Gasteiger partial charge in [0.15, 0.2) is 0 Å². The van der Waals surface area contributed by atoms with Gasteiger partial charge in [0, 0.05) is 0 Å². The summed E-state index contributed by atoms with van der Waals surface area (Å²) < 4.78 is 5.37. The largest absolute Gasteiger partial charge is 0.395 e. The highest BCUT2D eigenvalue weighted by molar-refractivity contribution is 4.60. The molecule has 0 aromatic heterocycles. The molecule has 0 bridgehead atoms. The van der Waals surface area contributed by atoms with Crippen LogP contribution < -0.4 is 5.73 Å². The minimum atomic E-state index is -0.240. The van der Waals surface area contributed by atoms with Crippen LogP contribution in [-0.2, 0) is 4.74 Å². The molecule has 11 heavy (non-hydrogen) atoms. The lowest BCUT2D eigenvalue weighted by atomic mass is 10.1. The Bertz CT molecular complexity index is 96.1. The summed E-state index contributed by atoms with van der Waals surface area (Å²) in [5.74, 6) is 0.501. The first-order valence-corrected chi connectivity index (χ1v) is 4.06. The molecule has 3 N–H and O–H groups in total. The van der Waals surface area contributed by atoms with Gasteiger partial charge in [-0.15, -0.1) is 0 Å². The Morgan fingerprint density at radius 2 is 1.91 bits per heavy atom. The van der Waals surface area contributed by atoms with Crippen LogP contribution in [0.2, 0.25) is 0 Å². The van der Waals surface area contributed by atoms with E-state index in [0.717, 1.165) is 0 Å². The zero-order valence-corrected chi connectivity index (χ0v) is 7.58. The maximum atomic E-state index is 8.58. The number of hydrogen-bond donors (Lipinski definition) is 2. The van der Waals surface area contributed by atoms with E-state index < -0.39 is 0 Å². The molecule has 0 heterocycles. The number of rotatable bonds is 5.